The van der Waals surface area contributed by atoms with Crippen molar-refractivity contribution in [3.8, 4) is 34.1 Å². The number of rotatable bonds is 19. The summed E-state index contributed by atoms with van der Waals surface area (Å²) in [7, 11) is -7.10. The highest BCUT2D eigenvalue weighted by molar-refractivity contribution is 7.91. The van der Waals surface area contributed by atoms with E-state index in [9.17, 15) is 55.3 Å². The van der Waals surface area contributed by atoms with Gasteiger partial charge >= 0.3 is 11.9 Å². The van der Waals surface area contributed by atoms with Gasteiger partial charge in [-0.1, -0.05) is 12.1 Å². The van der Waals surface area contributed by atoms with Gasteiger partial charge in [0.25, 0.3) is 20.2 Å². The van der Waals surface area contributed by atoms with Gasteiger partial charge in [-0.2, -0.15) is 27.0 Å². The molecule has 0 saturated heterocycles. The number of carbonyl (C=O) groups excluding carboxylic acids is 2. The van der Waals surface area contributed by atoms with Crippen molar-refractivity contribution in [2.75, 3.05) is 48.9 Å². The summed E-state index contributed by atoms with van der Waals surface area (Å²) in [6.45, 7) is -1.77. The number of Topliss-reactive ketones (excluding diaryl/α,β-unsaturated/α-hetero) is 2. The molecule has 8 rings (SSSR count). The van der Waals surface area contributed by atoms with E-state index in [4.69, 9.17) is 18.9 Å². The molecular weight excluding hydrogens is 1000 g/mol. The van der Waals surface area contributed by atoms with Gasteiger partial charge in [0.1, 0.15) is 32.8 Å². The van der Waals surface area contributed by atoms with Crippen LogP contribution in [0.5, 0.6) is 23.0 Å². The number of fused-ring (bicyclic) bond motifs is 2. The first-order chi connectivity index (χ1) is 35.3. The van der Waals surface area contributed by atoms with E-state index in [0.717, 1.165) is 12.2 Å². The van der Waals surface area contributed by atoms with E-state index in [1.807, 2.05) is 0 Å². The number of allylic oxidation sites excluding steroid dienone is 2. The molecule has 0 aromatic heterocycles. The Kier molecular flexibility index (Phi) is 14.6. The van der Waals surface area contributed by atoms with E-state index in [0.29, 0.717) is 45.4 Å². The van der Waals surface area contributed by atoms with Crippen LogP contribution in [0, 0.1) is 0 Å². The Morgan fingerprint density at radius 2 is 0.878 bits per heavy atom. The van der Waals surface area contributed by atoms with Gasteiger partial charge in [0.2, 0.25) is 11.6 Å². The van der Waals surface area contributed by atoms with Crippen molar-refractivity contribution in [1.29, 1.82) is 0 Å². The number of hydrogen-bond acceptors (Lipinski definition) is 18. The topological polar surface area (TPSA) is 327 Å². The lowest BCUT2D eigenvalue weighted by Crippen LogP contribution is -2.27. The summed E-state index contributed by atoms with van der Waals surface area (Å²) in [6.07, 6.45) is 2.14. The second kappa shape index (κ2) is 21.2. The second-order valence-electron chi connectivity index (χ2n) is 15.9. The standard InChI is InChI=1S/C50H40N6O16S2/c1-69-35-11-5-31(6-12-35)51-33-9-15-37-29(19-33)23-43(73(63,64)65)47(49(37)61)55-53-39-17-3-27(21-41(39)71-25-45(57)58)28-4-18-40(42(22-28)72-26-46(59)60)54-56-48-44(74(66,67)68)24-30-20-34(10-16-38(30)50(48)62)52-32-7-13-36(70-2)14-8-32/h3-24,51-54H,25-26H2,1-2H3,(H,57,58)(H,59,60)(H,63,64,65)(H,66,67,68)/b55-47-,56-48+. The van der Waals surface area contributed by atoms with Gasteiger partial charge in [-0.15, -0.1) is 0 Å². The zero-order valence-corrected chi connectivity index (χ0v) is 40.1. The Hall–Kier alpha value is -9.36. The quantitative estimate of drug-likeness (QED) is 0.0286. The molecule has 2 aliphatic carbocycles. The fraction of sp³-hybridized carbons (Fsp3) is 0.0800. The Labute approximate surface area is 420 Å². The van der Waals surface area contributed by atoms with Gasteiger partial charge in [-0.05, 0) is 144 Å². The van der Waals surface area contributed by atoms with Crippen LogP contribution in [-0.2, 0) is 29.8 Å². The fourth-order valence-electron chi connectivity index (χ4n) is 7.46. The number of hydrazone groups is 2. The Morgan fingerprint density at radius 3 is 1.22 bits per heavy atom. The molecule has 24 heteroatoms. The summed E-state index contributed by atoms with van der Waals surface area (Å²) in [6, 6.07) is 31.2. The third-order valence-corrected chi connectivity index (χ3v) is 12.7. The molecule has 0 aliphatic heterocycles. The maximum absolute atomic E-state index is 13.8. The van der Waals surface area contributed by atoms with E-state index < -0.39 is 78.2 Å². The molecule has 2 aliphatic rings. The van der Waals surface area contributed by atoms with Crippen LogP contribution in [0.2, 0.25) is 0 Å². The Bertz CT molecular complexity index is 3390. The molecular formula is C50H40N6O16S2. The number of carbonyl (C=O) groups is 4. The van der Waals surface area contributed by atoms with Gasteiger partial charge in [0.05, 0.1) is 25.6 Å². The third-order valence-electron chi connectivity index (χ3n) is 11.0. The third kappa shape index (κ3) is 11.7. The number of carboxylic acids is 2. The number of benzene rings is 6. The van der Waals surface area contributed by atoms with E-state index in [2.05, 4.69) is 31.7 Å². The zero-order valence-electron chi connectivity index (χ0n) is 38.5. The predicted octanol–water partition coefficient (Wildman–Crippen LogP) is 7.57. The van der Waals surface area contributed by atoms with Gasteiger partial charge in [0.15, 0.2) is 24.6 Å². The van der Waals surface area contributed by atoms with Crippen LogP contribution in [0.3, 0.4) is 0 Å². The summed E-state index contributed by atoms with van der Waals surface area (Å²) in [4.78, 5) is 49.3. The molecule has 0 fully saturated rings. The molecule has 0 bridgehead atoms. The second-order valence-corrected chi connectivity index (χ2v) is 18.6. The van der Waals surface area contributed by atoms with Crippen molar-refractivity contribution in [2.45, 2.75) is 0 Å². The molecule has 0 unspecified atom stereocenters. The number of anilines is 6. The zero-order chi connectivity index (χ0) is 52.9. The number of nitrogens with zero attached hydrogens (tertiary/aromatic N) is 2. The average Bonchev–Trinajstić information content (AvgIpc) is 3.37. The number of aliphatic carboxylic acids is 2. The minimum atomic E-state index is -5.07. The van der Waals surface area contributed by atoms with Crippen LogP contribution in [-0.4, -0.2) is 98.5 Å². The number of hydrogen-bond donors (Lipinski definition) is 8. The number of ether oxygens (including phenoxy) is 4. The first-order valence-corrected chi connectivity index (χ1v) is 24.4. The molecule has 8 N–H and O–H groups in total. The van der Waals surface area contributed by atoms with Crippen molar-refractivity contribution < 1.29 is 74.3 Å². The summed E-state index contributed by atoms with van der Waals surface area (Å²) in [5.41, 5.74) is 6.76. The fourth-order valence-corrected chi connectivity index (χ4v) is 8.77. The number of nitrogens with one attached hydrogen (secondary N) is 4. The average molecular weight is 1050 g/mol. The summed E-state index contributed by atoms with van der Waals surface area (Å²) in [5.74, 6) is -3.67. The van der Waals surface area contributed by atoms with E-state index in [1.54, 1.807) is 60.7 Å². The lowest BCUT2D eigenvalue weighted by molar-refractivity contribution is -0.140. The maximum atomic E-state index is 13.8. The number of carboxylic acid groups (broad SMARTS) is 2. The van der Waals surface area contributed by atoms with Gasteiger partial charge in [0, 0.05) is 33.9 Å². The van der Waals surface area contributed by atoms with Crippen LogP contribution >= 0.6 is 0 Å². The first kappa shape index (κ1) is 51.0. The van der Waals surface area contributed by atoms with Crippen LogP contribution in [0.1, 0.15) is 31.8 Å². The van der Waals surface area contributed by atoms with Gasteiger partial charge in [-0.3, -0.25) is 29.5 Å². The molecule has 22 nitrogen and oxygen atoms in total. The van der Waals surface area contributed by atoms with Crippen LogP contribution in [0.4, 0.5) is 34.1 Å². The lowest BCUT2D eigenvalue weighted by atomic mass is 9.94. The highest BCUT2D eigenvalue weighted by atomic mass is 32.2. The smallest absolute Gasteiger partial charge is 0.341 e. The predicted molar refractivity (Wildman–Crippen MR) is 273 cm³/mol. The molecule has 0 amide bonds. The van der Waals surface area contributed by atoms with Crippen molar-refractivity contribution in [3.63, 3.8) is 0 Å². The summed E-state index contributed by atoms with van der Waals surface area (Å²) in [5, 5.41) is 33.3. The van der Waals surface area contributed by atoms with Gasteiger partial charge in [-0.25, -0.2) is 9.59 Å². The molecule has 74 heavy (non-hydrogen) atoms. The van der Waals surface area contributed by atoms with Crippen LogP contribution < -0.4 is 40.4 Å². The number of ketones is 2. The lowest BCUT2D eigenvalue weighted by Gasteiger charge is -2.19. The van der Waals surface area contributed by atoms with E-state index in [1.165, 1.54) is 74.9 Å². The molecule has 378 valence electrons. The largest absolute Gasteiger partial charge is 0.497 e. The van der Waals surface area contributed by atoms with Crippen molar-refractivity contribution in [1.82, 2.24) is 0 Å². The molecule has 0 spiro atoms. The monoisotopic (exact) mass is 1040 g/mol. The van der Waals surface area contributed by atoms with Gasteiger partial charge < -0.3 is 39.8 Å². The Balaban J connectivity index is 1.07. The summed E-state index contributed by atoms with van der Waals surface area (Å²) < 4.78 is 92.7. The minimum Gasteiger partial charge on any atom is -0.497 e. The highest BCUT2D eigenvalue weighted by Crippen LogP contribution is 2.37. The molecule has 0 heterocycles. The van der Waals surface area contributed by atoms with Crippen LogP contribution in [0.25, 0.3) is 23.3 Å². The maximum Gasteiger partial charge on any atom is 0.341 e. The minimum absolute atomic E-state index is 0.0422. The summed E-state index contributed by atoms with van der Waals surface area (Å²) >= 11 is 0. The SMILES string of the molecule is COc1ccc(Nc2ccc3c(c2)C=C(S(=O)(=O)O)/C(=N\Nc2ccc(-c4ccc(N/N=C5\C(=O)c6ccc(Nc7ccc(OC)cc7)cc6C=C5S(=O)(=O)O)c(OCC(=O)O)c4)cc2OCC(=O)O)C3=O)cc1. The first-order valence-electron chi connectivity index (χ1n) is 21.5. The van der Waals surface area contributed by atoms with Crippen molar-refractivity contribution in [3.05, 3.63) is 153 Å². The molecule has 6 aromatic rings. The van der Waals surface area contributed by atoms with E-state index >= 15 is 0 Å². The Morgan fingerprint density at radius 1 is 0.514 bits per heavy atom. The molecule has 0 radical (unpaired) electrons. The van der Waals surface area contributed by atoms with Crippen LogP contribution in [0.15, 0.2) is 141 Å². The van der Waals surface area contributed by atoms with E-state index in [-0.39, 0.29) is 45.1 Å². The highest BCUT2D eigenvalue weighted by Gasteiger charge is 2.35. The van der Waals surface area contributed by atoms with Crippen molar-refractivity contribution >= 4 is 101 Å². The number of methoxy groups -OCH3 is 2. The normalized spacial score (nSPS) is 14.2. The van der Waals surface area contributed by atoms with Crippen molar-refractivity contribution in [2.24, 2.45) is 10.2 Å². The molecule has 6 aromatic carbocycles. The molecule has 0 atom stereocenters. The molecule has 0 saturated carbocycles.